The maximum Gasteiger partial charge on any atom is 0.300 e. The van der Waals surface area contributed by atoms with Gasteiger partial charge >= 0.3 is 0 Å². The normalized spacial score (nSPS) is 17.2. The van der Waals surface area contributed by atoms with Crippen molar-refractivity contribution in [3.63, 3.8) is 0 Å². The Balaban J connectivity index is 1.83. The van der Waals surface area contributed by atoms with E-state index < -0.39 is 17.7 Å². The van der Waals surface area contributed by atoms with Crippen LogP contribution >= 0.6 is 0 Å². The molecule has 1 aliphatic heterocycles. The zero-order chi connectivity index (χ0) is 25.1. The van der Waals surface area contributed by atoms with Gasteiger partial charge in [-0.2, -0.15) is 0 Å². The lowest BCUT2D eigenvalue weighted by Crippen LogP contribution is -2.29. The summed E-state index contributed by atoms with van der Waals surface area (Å²) in [6.45, 7) is 4.62. The van der Waals surface area contributed by atoms with Crippen LogP contribution < -0.4 is 14.5 Å². The van der Waals surface area contributed by atoms with Gasteiger partial charge in [0.15, 0.2) is 0 Å². The number of nitrogens with zero attached hydrogens (tertiary/aromatic N) is 3. The smallest absolute Gasteiger partial charge is 0.300 e. The number of rotatable bonds is 7. The van der Waals surface area contributed by atoms with Crippen molar-refractivity contribution in [2.24, 2.45) is 5.92 Å². The number of benzene rings is 2. The van der Waals surface area contributed by atoms with Gasteiger partial charge in [-0.05, 0) is 60.0 Å². The second kappa shape index (κ2) is 10.0. The van der Waals surface area contributed by atoms with Crippen molar-refractivity contribution in [2.45, 2.75) is 19.9 Å². The third-order valence-corrected chi connectivity index (χ3v) is 5.80. The zero-order valence-corrected chi connectivity index (χ0v) is 20.3. The van der Waals surface area contributed by atoms with E-state index in [0.717, 1.165) is 5.69 Å². The summed E-state index contributed by atoms with van der Waals surface area (Å²) in [5.74, 6) is -0.764. The van der Waals surface area contributed by atoms with Crippen molar-refractivity contribution in [2.75, 3.05) is 30.5 Å². The summed E-state index contributed by atoms with van der Waals surface area (Å²) >= 11 is 0. The molecule has 180 valence electrons. The molecule has 1 N–H and O–H groups in total. The minimum Gasteiger partial charge on any atom is -0.507 e. The number of hydrogen-bond acceptors (Lipinski definition) is 6. The highest BCUT2D eigenvalue weighted by molar-refractivity contribution is 6.51. The van der Waals surface area contributed by atoms with Crippen LogP contribution in [0.5, 0.6) is 5.75 Å². The average molecular weight is 472 g/mol. The molecule has 35 heavy (non-hydrogen) atoms. The third kappa shape index (κ3) is 4.89. The van der Waals surface area contributed by atoms with Crippen molar-refractivity contribution >= 4 is 28.8 Å². The lowest BCUT2D eigenvalue weighted by atomic mass is 9.95. The lowest BCUT2D eigenvalue weighted by Gasteiger charge is -2.26. The first kappa shape index (κ1) is 24.0. The second-order valence-electron chi connectivity index (χ2n) is 9.09. The summed E-state index contributed by atoms with van der Waals surface area (Å²) in [4.78, 5) is 34.0. The standard InChI is InChI=1S/C28H29N3O4/c1-18(2)17-35-23-7-5-6-20(16-23)26(32)24-25(19-12-14-29-15-13-19)31(28(34)27(24)33)22-10-8-21(9-11-22)30(3)4/h5-16,18,25,32H,17H2,1-4H3/b26-24+. The molecule has 3 aromatic rings. The van der Waals surface area contributed by atoms with Crippen molar-refractivity contribution in [1.82, 2.24) is 4.98 Å². The highest BCUT2D eigenvalue weighted by atomic mass is 16.5. The van der Waals surface area contributed by atoms with E-state index >= 15 is 0 Å². The first-order valence-electron chi connectivity index (χ1n) is 11.5. The maximum absolute atomic E-state index is 13.3. The summed E-state index contributed by atoms with van der Waals surface area (Å²) in [7, 11) is 3.86. The summed E-state index contributed by atoms with van der Waals surface area (Å²) in [5, 5.41) is 11.3. The number of hydrogen-bond donors (Lipinski definition) is 1. The molecule has 1 aliphatic rings. The molecule has 0 aliphatic carbocycles. The molecule has 0 saturated carbocycles. The van der Waals surface area contributed by atoms with Crippen molar-refractivity contribution in [1.29, 1.82) is 0 Å². The van der Waals surface area contributed by atoms with Crippen molar-refractivity contribution in [3.05, 3.63) is 89.8 Å². The van der Waals surface area contributed by atoms with E-state index in [9.17, 15) is 14.7 Å². The summed E-state index contributed by atoms with van der Waals surface area (Å²) in [6.07, 6.45) is 3.20. The zero-order valence-electron chi connectivity index (χ0n) is 20.3. The van der Waals surface area contributed by atoms with E-state index in [1.54, 1.807) is 60.9 Å². The van der Waals surface area contributed by atoms with Crippen LogP contribution in [0.15, 0.2) is 78.6 Å². The van der Waals surface area contributed by atoms with Gasteiger partial charge in [0.1, 0.15) is 11.5 Å². The number of ether oxygens (including phenoxy) is 1. The van der Waals surface area contributed by atoms with Crippen molar-refractivity contribution < 1.29 is 19.4 Å². The number of carbonyl (C=O) groups excluding carboxylic acids is 2. The highest BCUT2D eigenvalue weighted by Gasteiger charge is 2.47. The number of ketones is 1. The number of aromatic nitrogens is 1. The van der Waals surface area contributed by atoms with Crippen LogP contribution in [0.25, 0.3) is 5.76 Å². The summed E-state index contributed by atoms with van der Waals surface area (Å²) in [5.41, 5.74) is 2.63. The summed E-state index contributed by atoms with van der Waals surface area (Å²) in [6, 6.07) is 17.0. The Bertz CT molecular complexity index is 1250. The van der Waals surface area contributed by atoms with E-state index in [2.05, 4.69) is 4.98 Å². The van der Waals surface area contributed by atoms with Gasteiger partial charge in [-0.25, -0.2) is 0 Å². The Hall–Kier alpha value is -4.13. The fourth-order valence-corrected chi connectivity index (χ4v) is 4.02. The maximum atomic E-state index is 13.3. The molecule has 1 amide bonds. The number of Topliss-reactive ketones (excluding diaryl/α,β-unsaturated/α-hetero) is 1. The largest absolute Gasteiger partial charge is 0.507 e. The van der Waals surface area contributed by atoms with E-state index in [-0.39, 0.29) is 11.3 Å². The molecule has 2 aromatic carbocycles. The number of aliphatic hydroxyl groups excluding tert-OH is 1. The molecule has 1 atom stereocenters. The number of aliphatic hydroxyl groups is 1. The molecule has 0 radical (unpaired) electrons. The van der Waals surface area contributed by atoms with Crippen LogP contribution in [-0.4, -0.2) is 42.5 Å². The Morgan fingerprint density at radius 2 is 1.74 bits per heavy atom. The predicted octanol–water partition coefficient (Wildman–Crippen LogP) is 4.81. The Morgan fingerprint density at radius 3 is 2.37 bits per heavy atom. The molecule has 7 nitrogen and oxygen atoms in total. The van der Waals surface area contributed by atoms with E-state index in [4.69, 9.17) is 4.74 Å². The van der Waals surface area contributed by atoms with Crippen LogP contribution in [0.2, 0.25) is 0 Å². The molecule has 1 unspecified atom stereocenters. The SMILES string of the molecule is CC(C)COc1cccc(/C(O)=C2\C(=O)C(=O)N(c3ccc(N(C)C)cc3)C2c2ccncc2)c1. The first-order chi connectivity index (χ1) is 16.8. The molecule has 2 heterocycles. The monoisotopic (exact) mass is 471 g/mol. The highest BCUT2D eigenvalue weighted by Crippen LogP contribution is 2.42. The van der Waals surface area contributed by atoms with E-state index in [0.29, 0.717) is 35.1 Å². The van der Waals surface area contributed by atoms with Crippen LogP contribution in [0.1, 0.15) is 31.0 Å². The Kier molecular flexibility index (Phi) is 6.87. The molecule has 0 spiro atoms. The molecule has 0 bridgehead atoms. The topological polar surface area (TPSA) is 83.0 Å². The molecular weight excluding hydrogens is 442 g/mol. The predicted molar refractivity (Wildman–Crippen MR) is 137 cm³/mol. The molecule has 4 rings (SSSR count). The van der Waals surface area contributed by atoms with E-state index in [1.807, 2.05) is 45.0 Å². The number of amides is 1. The second-order valence-corrected chi connectivity index (χ2v) is 9.09. The lowest BCUT2D eigenvalue weighted by molar-refractivity contribution is -0.132. The van der Waals surface area contributed by atoms with Crippen LogP contribution in [0.4, 0.5) is 11.4 Å². The van der Waals surface area contributed by atoms with Gasteiger partial charge in [-0.1, -0.05) is 26.0 Å². The van der Waals surface area contributed by atoms with Crippen LogP contribution in [0.3, 0.4) is 0 Å². The molecular formula is C28H29N3O4. The molecule has 7 heteroatoms. The van der Waals surface area contributed by atoms with Crippen molar-refractivity contribution in [3.8, 4) is 5.75 Å². The van der Waals surface area contributed by atoms with Gasteiger partial charge in [0.2, 0.25) is 0 Å². The molecule has 1 fully saturated rings. The van der Waals surface area contributed by atoms with Crippen LogP contribution in [0, 0.1) is 5.92 Å². The molecule has 1 aromatic heterocycles. The van der Waals surface area contributed by atoms with E-state index in [1.165, 1.54) is 4.90 Å². The van der Waals surface area contributed by atoms with Gasteiger partial charge in [0, 0.05) is 43.4 Å². The Labute approximate surface area is 205 Å². The number of anilines is 2. The molecule has 1 saturated heterocycles. The minimum atomic E-state index is -0.802. The fourth-order valence-electron chi connectivity index (χ4n) is 4.02. The number of carbonyl (C=O) groups is 2. The van der Waals surface area contributed by atoms with Gasteiger partial charge in [-0.3, -0.25) is 19.5 Å². The number of pyridine rings is 1. The first-order valence-corrected chi connectivity index (χ1v) is 11.5. The van der Waals surface area contributed by atoms with Gasteiger partial charge in [0.05, 0.1) is 18.2 Å². The van der Waals surface area contributed by atoms with Gasteiger partial charge < -0.3 is 14.7 Å². The summed E-state index contributed by atoms with van der Waals surface area (Å²) < 4.78 is 5.79. The quantitative estimate of drug-likeness (QED) is 0.303. The van der Waals surface area contributed by atoms with Gasteiger partial charge in [0.25, 0.3) is 11.7 Å². The average Bonchev–Trinajstić information content (AvgIpc) is 3.13. The minimum absolute atomic E-state index is 0.0268. The third-order valence-electron chi connectivity index (χ3n) is 5.80. The fraction of sp³-hybridized carbons (Fsp3) is 0.250. The van der Waals surface area contributed by atoms with Crippen LogP contribution in [-0.2, 0) is 9.59 Å². The Morgan fingerprint density at radius 1 is 1.06 bits per heavy atom. The van der Waals surface area contributed by atoms with Gasteiger partial charge in [-0.15, -0.1) is 0 Å².